The number of ether oxygens (including phenoxy) is 1. The van der Waals surface area contributed by atoms with Crippen LogP contribution in [-0.2, 0) is 11.2 Å². The van der Waals surface area contributed by atoms with Gasteiger partial charge in [-0.25, -0.2) is 0 Å². The largest absolute Gasteiger partial charge is 0.381 e. The minimum absolute atomic E-state index is 0.205. The summed E-state index contributed by atoms with van der Waals surface area (Å²) in [5.74, 6) is 0. The molecule has 0 aliphatic carbocycles. The molecule has 0 bridgehead atoms. The molecule has 0 fully saturated rings. The van der Waals surface area contributed by atoms with E-state index in [0.717, 1.165) is 32.6 Å². The molecule has 0 aliphatic rings. The Morgan fingerprint density at radius 3 is 2.47 bits per heavy atom. The summed E-state index contributed by atoms with van der Waals surface area (Å²) >= 11 is 0. The van der Waals surface area contributed by atoms with Gasteiger partial charge in [0.2, 0.25) is 0 Å². The van der Waals surface area contributed by atoms with E-state index in [1.165, 1.54) is 5.56 Å². The molecule has 0 amide bonds. The molecule has 1 rings (SSSR count). The van der Waals surface area contributed by atoms with Crippen molar-refractivity contribution >= 4 is 0 Å². The van der Waals surface area contributed by atoms with Crippen LogP contribution in [0.15, 0.2) is 30.3 Å². The lowest BCUT2D eigenvalue weighted by Gasteiger charge is -2.26. The third kappa shape index (κ3) is 8.02. The first-order valence-electron chi connectivity index (χ1n) is 7.35. The number of benzene rings is 1. The van der Waals surface area contributed by atoms with E-state index in [1.807, 2.05) is 0 Å². The Kier molecular flexibility index (Phi) is 7.11. The number of rotatable bonds is 9. The highest BCUT2D eigenvalue weighted by atomic mass is 16.5. The third-order valence-corrected chi connectivity index (χ3v) is 3.08. The molecule has 0 unspecified atom stereocenters. The Morgan fingerprint density at radius 1 is 1.16 bits per heavy atom. The summed E-state index contributed by atoms with van der Waals surface area (Å²) in [7, 11) is 0. The Morgan fingerprint density at radius 2 is 1.84 bits per heavy atom. The van der Waals surface area contributed by atoms with Crippen molar-refractivity contribution in [3.05, 3.63) is 35.9 Å². The van der Waals surface area contributed by atoms with Crippen molar-refractivity contribution < 1.29 is 4.74 Å². The quantitative estimate of drug-likeness (QED) is 0.687. The molecule has 1 aromatic rings. The van der Waals surface area contributed by atoms with Crippen LogP contribution in [0, 0.1) is 5.41 Å². The normalized spacial score (nSPS) is 12.1. The van der Waals surface area contributed by atoms with Crippen molar-refractivity contribution in [1.82, 2.24) is 5.32 Å². The monoisotopic (exact) mass is 263 g/mol. The first kappa shape index (κ1) is 16.2. The summed E-state index contributed by atoms with van der Waals surface area (Å²) in [6.07, 6.45) is 2.20. The van der Waals surface area contributed by atoms with Gasteiger partial charge < -0.3 is 10.1 Å². The van der Waals surface area contributed by atoms with Crippen LogP contribution in [0.5, 0.6) is 0 Å². The van der Waals surface area contributed by atoms with Gasteiger partial charge in [0.15, 0.2) is 0 Å². The maximum Gasteiger partial charge on any atom is 0.0529 e. The number of hydrogen-bond acceptors (Lipinski definition) is 2. The van der Waals surface area contributed by atoms with Gasteiger partial charge in [-0.2, -0.15) is 0 Å². The minimum atomic E-state index is 0.205. The minimum Gasteiger partial charge on any atom is -0.381 e. The number of nitrogens with one attached hydrogen (secondary N) is 1. The van der Waals surface area contributed by atoms with Crippen LogP contribution in [0.2, 0.25) is 0 Å². The molecule has 0 saturated carbocycles. The predicted molar refractivity (Wildman–Crippen MR) is 82.5 cm³/mol. The molecule has 108 valence electrons. The topological polar surface area (TPSA) is 21.3 Å². The maximum atomic E-state index is 5.81. The molecule has 0 aromatic heterocycles. The molecular weight excluding hydrogens is 234 g/mol. The lowest BCUT2D eigenvalue weighted by molar-refractivity contribution is 0.0599. The van der Waals surface area contributed by atoms with Gasteiger partial charge in [0.1, 0.15) is 0 Å². The molecule has 0 aliphatic heterocycles. The maximum absolute atomic E-state index is 5.81. The second kappa shape index (κ2) is 8.34. The zero-order valence-electron chi connectivity index (χ0n) is 12.9. The number of hydrogen-bond donors (Lipinski definition) is 1. The van der Waals surface area contributed by atoms with Crippen LogP contribution >= 0.6 is 0 Å². The second-order valence-electron chi connectivity index (χ2n) is 6.34. The fourth-order valence-electron chi connectivity index (χ4n) is 1.90. The molecule has 1 aromatic carbocycles. The van der Waals surface area contributed by atoms with Gasteiger partial charge in [-0.15, -0.1) is 0 Å². The summed E-state index contributed by atoms with van der Waals surface area (Å²) < 4.78 is 5.81. The third-order valence-electron chi connectivity index (χ3n) is 3.08. The first-order valence-corrected chi connectivity index (χ1v) is 7.35. The van der Waals surface area contributed by atoms with Gasteiger partial charge in [-0.1, -0.05) is 58.0 Å². The van der Waals surface area contributed by atoms with Crippen molar-refractivity contribution in [2.75, 3.05) is 19.8 Å². The summed E-state index contributed by atoms with van der Waals surface area (Å²) in [5.41, 5.74) is 1.60. The van der Waals surface area contributed by atoms with Gasteiger partial charge in [0, 0.05) is 24.6 Å². The van der Waals surface area contributed by atoms with E-state index in [2.05, 4.69) is 63.3 Å². The smallest absolute Gasteiger partial charge is 0.0529 e. The molecule has 19 heavy (non-hydrogen) atoms. The van der Waals surface area contributed by atoms with E-state index in [1.54, 1.807) is 0 Å². The molecule has 2 heteroatoms. The molecule has 1 N–H and O–H groups in total. The highest BCUT2D eigenvalue weighted by Gasteiger charge is 2.17. The molecular formula is C17H29NO. The highest BCUT2D eigenvalue weighted by Crippen LogP contribution is 2.14. The van der Waals surface area contributed by atoms with Crippen LogP contribution < -0.4 is 5.32 Å². The van der Waals surface area contributed by atoms with Crippen LogP contribution in [0.25, 0.3) is 0 Å². The Labute approximate surface area is 118 Å². The summed E-state index contributed by atoms with van der Waals surface area (Å²) in [6, 6.07) is 11.1. The standard InChI is InChI=1S/C17H29NO/c1-15(2)18-13-17(3,4)14-19-12-8-11-16-9-6-5-7-10-16/h5-7,9-10,15,18H,8,11-14H2,1-4H3. The van der Waals surface area contributed by atoms with Crippen molar-refractivity contribution in [2.45, 2.75) is 46.6 Å². The fourth-order valence-corrected chi connectivity index (χ4v) is 1.90. The zero-order valence-corrected chi connectivity index (χ0v) is 12.9. The van der Waals surface area contributed by atoms with E-state index in [9.17, 15) is 0 Å². The molecule has 2 nitrogen and oxygen atoms in total. The van der Waals surface area contributed by atoms with E-state index in [-0.39, 0.29) is 5.41 Å². The summed E-state index contributed by atoms with van der Waals surface area (Å²) in [5, 5.41) is 3.47. The Bertz CT molecular complexity index is 332. The average Bonchev–Trinajstić information content (AvgIpc) is 2.37. The van der Waals surface area contributed by atoms with Gasteiger partial charge in [0.25, 0.3) is 0 Å². The van der Waals surface area contributed by atoms with Gasteiger partial charge in [-0.3, -0.25) is 0 Å². The van der Waals surface area contributed by atoms with Crippen LogP contribution in [0.1, 0.15) is 39.7 Å². The Hall–Kier alpha value is -0.860. The molecule has 0 saturated heterocycles. The predicted octanol–water partition coefficient (Wildman–Crippen LogP) is 3.66. The van der Waals surface area contributed by atoms with Crippen LogP contribution in [-0.4, -0.2) is 25.8 Å². The molecule has 0 spiro atoms. The fraction of sp³-hybridized carbons (Fsp3) is 0.647. The first-order chi connectivity index (χ1) is 8.99. The SMILES string of the molecule is CC(C)NCC(C)(C)COCCCc1ccccc1. The van der Waals surface area contributed by atoms with Crippen molar-refractivity contribution in [1.29, 1.82) is 0 Å². The lowest BCUT2D eigenvalue weighted by atomic mass is 9.94. The van der Waals surface area contributed by atoms with E-state index in [0.29, 0.717) is 6.04 Å². The van der Waals surface area contributed by atoms with Crippen LogP contribution in [0.4, 0.5) is 0 Å². The highest BCUT2D eigenvalue weighted by molar-refractivity contribution is 5.14. The van der Waals surface area contributed by atoms with Gasteiger partial charge >= 0.3 is 0 Å². The average molecular weight is 263 g/mol. The molecule has 0 atom stereocenters. The van der Waals surface area contributed by atoms with Crippen molar-refractivity contribution in [2.24, 2.45) is 5.41 Å². The Balaban J connectivity index is 2.10. The second-order valence-corrected chi connectivity index (χ2v) is 6.34. The molecule has 0 heterocycles. The van der Waals surface area contributed by atoms with Gasteiger partial charge in [0.05, 0.1) is 6.61 Å². The van der Waals surface area contributed by atoms with Crippen molar-refractivity contribution in [3.8, 4) is 0 Å². The van der Waals surface area contributed by atoms with Crippen molar-refractivity contribution in [3.63, 3.8) is 0 Å². The summed E-state index contributed by atoms with van der Waals surface area (Å²) in [6.45, 7) is 11.5. The van der Waals surface area contributed by atoms with E-state index in [4.69, 9.17) is 4.74 Å². The van der Waals surface area contributed by atoms with E-state index < -0.39 is 0 Å². The summed E-state index contributed by atoms with van der Waals surface area (Å²) in [4.78, 5) is 0. The zero-order chi connectivity index (χ0) is 14.1. The lowest BCUT2D eigenvalue weighted by Crippen LogP contribution is -2.36. The van der Waals surface area contributed by atoms with Gasteiger partial charge in [-0.05, 0) is 18.4 Å². The molecule has 0 radical (unpaired) electrons. The number of aryl methyl sites for hydroxylation is 1. The van der Waals surface area contributed by atoms with E-state index >= 15 is 0 Å². The van der Waals surface area contributed by atoms with Crippen LogP contribution in [0.3, 0.4) is 0 Å².